The molecule has 5 nitrogen and oxygen atoms in total. The number of carboxylic acid groups (broad SMARTS) is 1. The van der Waals surface area contributed by atoms with Crippen molar-refractivity contribution in [3.63, 3.8) is 0 Å². The molecule has 0 atom stereocenters. The summed E-state index contributed by atoms with van der Waals surface area (Å²) in [5.41, 5.74) is 0. The number of furan rings is 1. The zero-order chi connectivity index (χ0) is 13.2. The quantitative estimate of drug-likeness (QED) is 0.885. The lowest BCUT2D eigenvalue weighted by atomic mass is 10.4. The lowest BCUT2D eigenvalue weighted by Crippen LogP contribution is -2.35. The zero-order valence-corrected chi connectivity index (χ0v) is 8.61. The van der Waals surface area contributed by atoms with Gasteiger partial charge < -0.3 is 14.4 Å². The fourth-order valence-corrected chi connectivity index (χ4v) is 1.10. The molecule has 1 rings (SSSR count). The van der Waals surface area contributed by atoms with Gasteiger partial charge >= 0.3 is 12.1 Å². The Balaban J connectivity index is 2.78. The smallest absolute Gasteiger partial charge is 0.406 e. The molecule has 0 aliphatic heterocycles. The maximum atomic E-state index is 12.0. The van der Waals surface area contributed by atoms with Crippen molar-refractivity contribution in [1.82, 2.24) is 4.90 Å². The number of alkyl halides is 3. The summed E-state index contributed by atoms with van der Waals surface area (Å²) in [7, 11) is 0.943. The number of nitrogens with zero attached hydrogens (tertiary/aromatic N) is 1. The van der Waals surface area contributed by atoms with Crippen LogP contribution >= 0.6 is 0 Å². The predicted octanol–water partition coefficient (Wildman–Crippen LogP) is 1.61. The van der Waals surface area contributed by atoms with E-state index in [4.69, 9.17) is 5.11 Å². The summed E-state index contributed by atoms with van der Waals surface area (Å²) >= 11 is 0. The van der Waals surface area contributed by atoms with Gasteiger partial charge in [0.2, 0.25) is 5.76 Å². The SMILES string of the molecule is CN(CC(F)(F)F)C(=O)c1ccc(C(=O)O)o1. The first kappa shape index (κ1) is 13.1. The van der Waals surface area contributed by atoms with Gasteiger partial charge in [0.25, 0.3) is 5.91 Å². The molecule has 1 amide bonds. The number of carboxylic acids is 1. The molecule has 0 aromatic carbocycles. The molecule has 1 aromatic heterocycles. The van der Waals surface area contributed by atoms with Crippen molar-refractivity contribution in [2.24, 2.45) is 0 Å². The summed E-state index contributed by atoms with van der Waals surface area (Å²) in [6.45, 7) is -1.44. The van der Waals surface area contributed by atoms with Gasteiger partial charge in [-0.05, 0) is 12.1 Å². The summed E-state index contributed by atoms with van der Waals surface area (Å²) in [4.78, 5) is 22.2. The summed E-state index contributed by atoms with van der Waals surface area (Å²) in [5, 5.41) is 8.51. The third-order valence-electron chi connectivity index (χ3n) is 1.79. The largest absolute Gasteiger partial charge is 0.475 e. The highest BCUT2D eigenvalue weighted by Gasteiger charge is 2.32. The van der Waals surface area contributed by atoms with E-state index >= 15 is 0 Å². The highest BCUT2D eigenvalue weighted by molar-refractivity contribution is 5.93. The molecular formula is C9H8F3NO4. The van der Waals surface area contributed by atoms with Gasteiger partial charge in [-0.2, -0.15) is 13.2 Å². The minimum atomic E-state index is -4.52. The number of hydrogen-bond donors (Lipinski definition) is 1. The van der Waals surface area contributed by atoms with Crippen LogP contribution in [0.3, 0.4) is 0 Å². The van der Waals surface area contributed by atoms with Crippen molar-refractivity contribution in [3.05, 3.63) is 23.7 Å². The summed E-state index contributed by atoms with van der Waals surface area (Å²) in [6.07, 6.45) is -4.52. The van der Waals surface area contributed by atoms with Crippen LogP contribution in [0.15, 0.2) is 16.5 Å². The minimum Gasteiger partial charge on any atom is -0.475 e. The van der Waals surface area contributed by atoms with Crippen LogP contribution in [0.2, 0.25) is 0 Å². The van der Waals surface area contributed by atoms with Gasteiger partial charge in [-0.15, -0.1) is 0 Å². The molecule has 0 aliphatic carbocycles. The maximum Gasteiger partial charge on any atom is 0.406 e. The number of rotatable bonds is 3. The van der Waals surface area contributed by atoms with Crippen LogP contribution in [0.5, 0.6) is 0 Å². The second-order valence-corrected chi connectivity index (χ2v) is 3.25. The molecule has 1 heterocycles. The van der Waals surface area contributed by atoms with Crippen molar-refractivity contribution >= 4 is 11.9 Å². The molecule has 17 heavy (non-hydrogen) atoms. The van der Waals surface area contributed by atoms with Crippen LogP contribution in [-0.2, 0) is 0 Å². The third-order valence-corrected chi connectivity index (χ3v) is 1.79. The molecule has 0 saturated heterocycles. The van der Waals surface area contributed by atoms with E-state index in [2.05, 4.69) is 4.42 Å². The van der Waals surface area contributed by atoms with E-state index < -0.39 is 36.1 Å². The summed E-state index contributed by atoms with van der Waals surface area (Å²) < 4.78 is 40.6. The molecule has 0 spiro atoms. The van der Waals surface area contributed by atoms with Crippen LogP contribution in [-0.4, -0.2) is 41.7 Å². The molecule has 8 heteroatoms. The van der Waals surface area contributed by atoms with Crippen molar-refractivity contribution in [2.45, 2.75) is 6.18 Å². The van der Waals surface area contributed by atoms with Gasteiger partial charge in [0.05, 0.1) is 0 Å². The Morgan fingerprint density at radius 3 is 2.29 bits per heavy atom. The van der Waals surface area contributed by atoms with Gasteiger partial charge in [0.15, 0.2) is 5.76 Å². The Morgan fingerprint density at radius 2 is 1.88 bits per heavy atom. The van der Waals surface area contributed by atoms with E-state index in [1.165, 1.54) is 0 Å². The van der Waals surface area contributed by atoms with Crippen molar-refractivity contribution in [2.75, 3.05) is 13.6 Å². The zero-order valence-electron chi connectivity index (χ0n) is 8.61. The number of halogens is 3. The topological polar surface area (TPSA) is 70.8 Å². The van der Waals surface area contributed by atoms with Gasteiger partial charge in [-0.25, -0.2) is 4.79 Å². The number of amides is 1. The third kappa shape index (κ3) is 3.51. The van der Waals surface area contributed by atoms with E-state index in [1.54, 1.807) is 0 Å². The lowest BCUT2D eigenvalue weighted by Gasteiger charge is -2.17. The van der Waals surface area contributed by atoms with Crippen molar-refractivity contribution in [1.29, 1.82) is 0 Å². The van der Waals surface area contributed by atoms with Gasteiger partial charge in [-0.3, -0.25) is 4.79 Å². The fourth-order valence-electron chi connectivity index (χ4n) is 1.10. The van der Waals surface area contributed by atoms with E-state index in [-0.39, 0.29) is 0 Å². The lowest BCUT2D eigenvalue weighted by molar-refractivity contribution is -0.138. The molecule has 1 N–H and O–H groups in total. The Morgan fingerprint density at radius 1 is 1.35 bits per heavy atom. The van der Waals surface area contributed by atoms with Crippen LogP contribution in [0.1, 0.15) is 21.1 Å². The monoisotopic (exact) mass is 251 g/mol. The predicted molar refractivity (Wildman–Crippen MR) is 48.7 cm³/mol. The average molecular weight is 251 g/mol. The highest BCUT2D eigenvalue weighted by atomic mass is 19.4. The Labute approximate surface area is 93.4 Å². The van der Waals surface area contributed by atoms with Gasteiger partial charge in [0, 0.05) is 7.05 Å². The van der Waals surface area contributed by atoms with E-state index in [1.807, 2.05) is 0 Å². The van der Waals surface area contributed by atoms with Crippen LogP contribution in [0.25, 0.3) is 0 Å². The molecule has 0 bridgehead atoms. The number of aromatic carboxylic acids is 1. The first-order chi connectivity index (χ1) is 7.70. The van der Waals surface area contributed by atoms with Gasteiger partial charge in [0.1, 0.15) is 6.54 Å². The Bertz CT molecular complexity index is 438. The van der Waals surface area contributed by atoms with E-state index in [9.17, 15) is 22.8 Å². The number of carbonyl (C=O) groups excluding carboxylic acids is 1. The standard InChI is InChI=1S/C9H8F3NO4/c1-13(4-9(10,11)12)7(14)5-2-3-6(17-5)8(15)16/h2-3H,4H2,1H3,(H,15,16). The second-order valence-electron chi connectivity index (χ2n) is 3.25. The van der Waals surface area contributed by atoms with E-state index in [0.29, 0.717) is 4.90 Å². The van der Waals surface area contributed by atoms with Crippen LogP contribution in [0.4, 0.5) is 13.2 Å². The normalized spacial score (nSPS) is 11.3. The molecule has 0 fully saturated rings. The fraction of sp³-hybridized carbons (Fsp3) is 0.333. The van der Waals surface area contributed by atoms with Crippen molar-refractivity contribution < 1.29 is 32.3 Å². The van der Waals surface area contributed by atoms with Crippen molar-refractivity contribution in [3.8, 4) is 0 Å². The van der Waals surface area contributed by atoms with Crippen LogP contribution < -0.4 is 0 Å². The molecule has 1 aromatic rings. The first-order valence-electron chi connectivity index (χ1n) is 4.36. The molecule has 0 saturated carbocycles. The molecular weight excluding hydrogens is 243 g/mol. The number of carbonyl (C=O) groups is 2. The molecule has 0 unspecified atom stereocenters. The second kappa shape index (κ2) is 4.48. The summed E-state index contributed by atoms with van der Waals surface area (Å²) in [6, 6.07) is 2.01. The van der Waals surface area contributed by atoms with Gasteiger partial charge in [-0.1, -0.05) is 0 Å². The molecule has 94 valence electrons. The average Bonchev–Trinajstić information content (AvgIpc) is 2.62. The number of hydrogen-bond acceptors (Lipinski definition) is 3. The minimum absolute atomic E-state index is 0.393. The molecule has 0 radical (unpaired) electrons. The molecule has 0 aliphatic rings. The highest BCUT2D eigenvalue weighted by Crippen LogP contribution is 2.17. The Kier molecular flexibility index (Phi) is 3.45. The maximum absolute atomic E-state index is 12.0. The first-order valence-corrected chi connectivity index (χ1v) is 4.36. The Hall–Kier alpha value is -1.99. The van der Waals surface area contributed by atoms with Crippen LogP contribution in [0, 0.1) is 0 Å². The van der Waals surface area contributed by atoms with E-state index in [0.717, 1.165) is 19.2 Å². The summed E-state index contributed by atoms with van der Waals surface area (Å²) in [5.74, 6) is -3.39.